The van der Waals surface area contributed by atoms with Crippen molar-refractivity contribution in [3.05, 3.63) is 11.6 Å². The number of carbonyl (C=O) groups is 2. The number of hydrogen-bond acceptors (Lipinski definition) is 4. The molecule has 1 fully saturated rings. The molecular weight excluding hydrogens is 268 g/mol. The minimum Gasteiger partial charge on any atom is -0.465 e. The van der Waals surface area contributed by atoms with Crippen molar-refractivity contribution < 1.29 is 19.1 Å². The monoisotopic (exact) mass is 294 g/mol. The summed E-state index contributed by atoms with van der Waals surface area (Å²) in [4.78, 5) is 25.1. The fourth-order valence-electron chi connectivity index (χ4n) is 3.74. The van der Waals surface area contributed by atoms with Gasteiger partial charge in [0.25, 0.3) is 0 Å². The molecule has 0 aromatic heterocycles. The Morgan fingerprint density at radius 3 is 2.24 bits per heavy atom. The second-order valence-corrected chi connectivity index (χ2v) is 6.67. The molecule has 0 aromatic carbocycles. The molecule has 2 aliphatic rings. The molecule has 0 heterocycles. The summed E-state index contributed by atoms with van der Waals surface area (Å²) in [5.41, 5.74) is 0.309. The number of ether oxygens (including phenoxy) is 2. The SMILES string of the molecule is CCOC(=O)C1(C(=O)OCC)CCCC2=CC(C)(C)C2C1. The van der Waals surface area contributed by atoms with Gasteiger partial charge in [0.1, 0.15) is 0 Å². The Hall–Kier alpha value is -1.32. The second kappa shape index (κ2) is 5.82. The van der Waals surface area contributed by atoms with Gasteiger partial charge in [-0.15, -0.1) is 0 Å². The van der Waals surface area contributed by atoms with Gasteiger partial charge in [0, 0.05) is 0 Å². The summed E-state index contributed by atoms with van der Waals surface area (Å²) in [6.07, 6.45) is 5.12. The topological polar surface area (TPSA) is 52.6 Å². The van der Waals surface area contributed by atoms with Crippen LogP contribution in [0, 0.1) is 16.7 Å². The molecule has 1 saturated carbocycles. The summed E-state index contributed by atoms with van der Waals surface area (Å²) < 4.78 is 10.4. The lowest BCUT2D eigenvalue weighted by molar-refractivity contribution is -0.174. The zero-order chi connectivity index (χ0) is 15.7. The average Bonchev–Trinajstić information content (AvgIpc) is 2.58. The first kappa shape index (κ1) is 16.1. The molecule has 0 bridgehead atoms. The summed E-state index contributed by atoms with van der Waals surface area (Å²) >= 11 is 0. The van der Waals surface area contributed by atoms with E-state index in [1.807, 2.05) is 0 Å². The van der Waals surface area contributed by atoms with Crippen molar-refractivity contribution in [2.45, 2.75) is 53.4 Å². The molecule has 0 N–H and O–H groups in total. The molecule has 0 aliphatic heterocycles. The molecule has 1 unspecified atom stereocenters. The Labute approximate surface area is 126 Å². The van der Waals surface area contributed by atoms with E-state index in [4.69, 9.17) is 9.47 Å². The molecule has 1 atom stereocenters. The minimum absolute atomic E-state index is 0.0455. The predicted molar refractivity (Wildman–Crippen MR) is 79.5 cm³/mol. The minimum atomic E-state index is -1.12. The van der Waals surface area contributed by atoms with Crippen molar-refractivity contribution in [1.82, 2.24) is 0 Å². The molecule has 4 nitrogen and oxygen atoms in total. The Kier molecular flexibility index (Phi) is 4.45. The summed E-state index contributed by atoms with van der Waals surface area (Å²) in [5.74, 6) is -0.548. The third-order valence-corrected chi connectivity index (χ3v) is 4.86. The zero-order valence-corrected chi connectivity index (χ0v) is 13.5. The van der Waals surface area contributed by atoms with Gasteiger partial charge >= 0.3 is 11.9 Å². The first-order valence-electron chi connectivity index (χ1n) is 7.93. The smallest absolute Gasteiger partial charge is 0.323 e. The third kappa shape index (κ3) is 2.72. The molecule has 118 valence electrons. The number of allylic oxidation sites excluding steroid dienone is 2. The maximum absolute atomic E-state index is 12.5. The van der Waals surface area contributed by atoms with E-state index in [2.05, 4.69) is 19.9 Å². The Balaban J connectivity index is 2.33. The maximum Gasteiger partial charge on any atom is 0.323 e. The summed E-state index contributed by atoms with van der Waals surface area (Å²) in [6, 6.07) is 0. The Morgan fingerprint density at radius 1 is 1.19 bits per heavy atom. The van der Waals surface area contributed by atoms with Gasteiger partial charge in [0.05, 0.1) is 13.2 Å². The number of rotatable bonds is 4. The van der Waals surface area contributed by atoms with E-state index < -0.39 is 17.4 Å². The van der Waals surface area contributed by atoms with Gasteiger partial charge in [-0.3, -0.25) is 9.59 Å². The molecule has 0 spiro atoms. The van der Waals surface area contributed by atoms with E-state index in [-0.39, 0.29) is 24.5 Å². The highest BCUT2D eigenvalue weighted by atomic mass is 16.6. The van der Waals surface area contributed by atoms with Gasteiger partial charge in [-0.1, -0.05) is 25.5 Å². The first-order valence-corrected chi connectivity index (χ1v) is 7.93. The number of hydrogen-bond donors (Lipinski definition) is 0. The van der Waals surface area contributed by atoms with Crippen molar-refractivity contribution in [1.29, 1.82) is 0 Å². The lowest BCUT2D eigenvalue weighted by Gasteiger charge is -2.45. The summed E-state index contributed by atoms with van der Waals surface area (Å²) in [7, 11) is 0. The van der Waals surface area contributed by atoms with Crippen LogP contribution in [0.3, 0.4) is 0 Å². The lowest BCUT2D eigenvalue weighted by atomic mass is 9.59. The second-order valence-electron chi connectivity index (χ2n) is 6.67. The third-order valence-electron chi connectivity index (χ3n) is 4.86. The van der Waals surface area contributed by atoms with Crippen LogP contribution in [0.5, 0.6) is 0 Å². The van der Waals surface area contributed by atoms with Crippen LogP contribution < -0.4 is 0 Å². The van der Waals surface area contributed by atoms with Crippen molar-refractivity contribution in [3.8, 4) is 0 Å². The van der Waals surface area contributed by atoms with E-state index in [0.29, 0.717) is 12.8 Å². The van der Waals surface area contributed by atoms with E-state index in [1.165, 1.54) is 5.57 Å². The van der Waals surface area contributed by atoms with Gasteiger partial charge in [-0.05, 0) is 50.9 Å². The quantitative estimate of drug-likeness (QED) is 0.454. The van der Waals surface area contributed by atoms with Crippen LogP contribution in [0.2, 0.25) is 0 Å². The number of esters is 2. The highest BCUT2D eigenvalue weighted by molar-refractivity contribution is 6.00. The summed E-state index contributed by atoms with van der Waals surface area (Å²) in [5, 5.41) is 0. The van der Waals surface area contributed by atoms with Crippen molar-refractivity contribution in [3.63, 3.8) is 0 Å². The molecule has 0 saturated heterocycles. The van der Waals surface area contributed by atoms with Crippen LogP contribution in [0.4, 0.5) is 0 Å². The molecule has 4 heteroatoms. The predicted octanol–water partition coefficient (Wildman–Crippen LogP) is 3.26. The van der Waals surface area contributed by atoms with Gasteiger partial charge < -0.3 is 9.47 Å². The molecule has 21 heavy (non-hydrogen) atoms. The standard InChI is InChI=1S/C17H26O4/c1-5-20-14(18)17(15(19)21-6-2)9-7-8-12-10-16(3,4)13(12)11-17/h10,13H,5-9,11H2,1-4H3. The molecular formula is C17H26O4. The van der Waals surface area contributed by atoms with Crippen molar-refractivity contribution in [2.24, 2.45) is 16.7 Å². The van der Waals surface area contributed by atoms with E-state index >= 15 is 0 Å². The van der Waals surface area contributed by atoms with Crippen LogP contribution in [-0.4, -0.2) is 25.2 Å². The molecule has 0 radical (unpaired) electrons. The van der Waals surface area contributed by atoms with Gasteiger partial charge in [0.15, 0.2) is 5.41 Å². The Bertz CT molecular complexity index is 443. The Morgan fingerprint density at radius 2 is 1.76 bits per heavy atom. The first-order chi connectivity index (χ1) is 9.87. The van der Waals surface area contributed by atoms with E-state index in [1.54, 1.807) is 13.8 Å². The van der Waals surface area contributed by atoms with Crippen molar-refractivity contribution >= 4 is 11.9 Å². The lowest BCUT2D eigenvalue weighted by Crippen LogP contribution is -2.46. The van der Waals surface area contributed by atoms with Crippen molar-refractivity contribution in [2.75, 3.05) is 13.2 Å². The average molecular weight is 294 g/mol. The molecule has 2 rings (SSSR count). The van der Waals surface area contributed by atoms with Gasteiger partial charge in [0.2, 0.25) is 0 Å². The summed E-state index contributed by atoms with van der Waals surface area (Å²) in [6.45, 7) is 8.44. The van der Waals surface area contributed by atoms with E-state index in [9.17, 15) is 9.59 Å². The fraction of sp³-hybridized carbons (Fsp3) is 0.765. The molecule has 2 aliphatic carbocycles. The normalized spacial score (nSPS) is 25.7. The molecule has 0 aromatic rings. The highest BCUT2D eigenvalue weighted by Gasteiger charge is 2.55. The van der Waals surface area contributed by atoms with Crippen LogP contribution in [0.15, 0.2) is 11.6 Å². The van der Waals surface area contributed by atoms with Crippen LogP contribution in [0.1, 0.15) is 53.4 Å². The van der Waals surface area contributed by atoms with Crippen LogP contribution in [0.25, 0.3) is 0 Å². The zero-order valence-electron chi connectivity index (χ0n) is 13.5. The largest absolute Gasteiger partial charge is 0.465 e. The number of carbonyl (C=O) groups excluding carboxylic acids is 2. The fourth-order valence-corrected chi connectivity index (χ4v) is 3.74. The van der Waals surface area contributed by atoms with Gasteiger partial charge in [-0.2, -0.15) is 0 Å². The van der Waals surface area contributed by atoms with E-state index in [0.717, 1.165) is 12.8 Å². The van der Waals surface area contributed by atoms with Gasteiger partial charge in [-0.25, -0.2) is 0 Å². The highest BCUT2D eigenvalue weighted by Crippen LogP contribution is 2.55. The van der Waals surface area contributed by atoms with Crippen LogP contribution in [-0.2, 0) is 19.1 Å². The van der Waals surface area contributed by atoms with Crippen LogP contribution >= 0.6 is 0 Å². The molecule has 0 amide bonds. The number of fused-ring (bicyclic) bond motifs is 1. The maximum atomic E-state index is 12.5.